The molecule has 1 saturated heterocycles. The third-order valence-electron chi connectivity index (χ3n) is 3.20. The van der Waals surface area contributed by atoms with Crippen molar-refractivity contribution in [2.75, 3.05) is 13.7 Å². The van der Waals surface area contributed by atoms with Gasteiger partial charge in [-0.15, -0.1) is 0 Å². The van der Waals surface area contributed by atoms with Crippen LogP contribution in [0.5, 0.6) is 5.75 Å². The summed E-state index contributed by atoms with van der Waals surface area (Å²) in [5.74, 6) is 1.04. The van der Waals surface area contributed by atoms with Crippen molar-refractivity contribution in [3.8, 4) is 5.75 Å². The van der Waals surface area contributed by atoms with Crippen molar-refractivity contribution in [1.82, 2.24) is 0 Å². The van der Waals surface area contributed by atoms with Crippen molar-refractivity contribution in [3.05, 3.63) is 29.8 Å². The van der Waals surface area contributed by atoms with Crippen LogP contribution in [0.2, 0.25) is 0 Å². The number of rotatable bonds is 3. The van der Waals surface area contributed by atoms with Gasteiger partial charge in [-0.25, -0.2) is 0 Å². The van der Waals surface area contributed by atoms with Gasteiger partial charge < -0.3 is 10.1 Å². The van der Waals surface area contributed by atoms with Gasteiger partial charge in [-0.05, 0) is 30.9 Å². The third kappa shape index (κ3) is 2.72. The summed E-state index contributed by atoms with van der Waals surface area (Å²) < 4.78 is 5.37. The zero-order valence-corrected chi connectivity index (χ0v) is 9.41. The Morgan fingerprint density at radius 2 is 2.20 bits per heavy atom. The van der Waals surface area contributed by atoms with Gasteiger partial charge in [-0.3, -0.25) is 0 Å². The summed E-state index contributed by atoms with van der Waals surface area (Å²) in [7, 11) is 1.75. The number of piperidine rings is 1. The van der Waals surface area contributed by atoms with Crippen LogP contribution in [-0.2, 0) is 6.42 Å². The average Bonchev–Trinajstić information content (AvgIpc) is 2.31. The highest BCUT2D eigenvalue weighted by Gasteiger charge is 2.17. The summed E-state index contributed by atoms with van der Waals surface area (Å²) in [4.78, 5) is 0. The zero-order chi connectivity index (χ0) is 10.5. The Morgan fingerprint density at radius 1 is 1.33 bits per heavy atom. The van der Waals surface area contributed by atoms with Crippen LogP contribution in [0.15, 0.2) is 24.3 Å². The molecule has 1 aliphatic heterocycles. The van der Waals surface area contributed by atoms with E-state index in [-0.39, 0.29) is 0 Å². The molecule has 0 unspecified atom stereocenters. The lowest BCUT2D eigenvalue weighted by atomic mass is 9.97. The van der Waals surface area contributed by atoms with Gasteiger partial charge in [0, 0.05) is 6.42 Å². The number of hydrogen-bond donors (Lipinski definition) is 1. The van der Waals surface area contributed by atoms with E-state index in [1.165, 1.54) is 31.4 Å². The molecule has 0 amide bonds. The molecule has 2 nitrogen and oxygen atoms in total. The molecule has 0 aliphatic carbocycles. The normalized spacial score (nSPS) is 21.3. The molecular weight excluding hydrogens is 186 g/mol. The summed E-state index contributed by atoms with van der Waals surface area (Å²) in [5, 5.41) is 2.48. The molecule has 2 heteroatoms. The summed E-state index contributed by atoms with van der Waals surface area (Å²) in [6.45, 7) is 1.29. The minimum absolute atomic E-state index is 0.759. The second-order valence-corrected chi connectivity index (χ2v) is 4.30. The highest BCUT2D eigenvalue weighted by atomic mass is 16.5. The average molecular weight is 206 g/mol. The quantitative estimate of drug-likeness (QED) is 0.794. The van der Waals surface area contributed by atoms with Gasteiger partial charge in [0.25, 0.3) is 0 Å². The Balaban J connectivity index is 2.02. The predicted octanol–water partition coefficient (Wildman–Crippen LogP) is 1.35. The van der Waals surface area contributed by atoms with E-state index in [1.54, 1.807) is 7.11 Å². The molecular formula is C13H20NO+. The Bertz CT molecular complexity index is 305. The molecule has 0 radical (unpaired) electrons. The molecule has 1 aromatic rings. The van der Waals surface area contributed by atoms with Crippen LogP contribution >= 0.6 is 0 Å². The maximum absolute atomic E-state index is 5.37. The molecule has 1 aliphatic rings. The molecule has 82 valence electrons. The Labute approximate surface area is 91.6 Å². The topological polar surface area (TPSA) is 25.8 Å². The van der Waals surface area contributed by atoms with Crippen molar-refractivity contribution in [1.29, 1.82) is 0 Å². The SMILES string of the molecule is COc1ccccc1C[C@@H]1CCCC[NH2+]1. The number of ether oxygens (including phenoxy) is 1. The van der Waals surface area contributed by atoms with Gasteiger partial charge in [0.2, 0.25) is 0 Å². The fourth-order valence-corrected chi connectivity index (χ4v) is 2.36. The fraction of sp³-hybridized carbons (Fsp3) is 0.538. The summed E-state index contributed by atoms with van der Waals surface area (Å²) in [6.07, 6.45) is 5.25. The van der Waals surface area contributed by atoms with Crippen molar-refractivity contribution < 1.29 is 10.1 Å². The van der Waals surface area contributed by atoms with Gasteiger partial charge in [-0.1, -0.05) is 18.2 Å². The van der Waals surface area contributed by atoms with Gasteiger partial charge in [0.05, 0.1) is 19.7 Å². The van der Waals surface area contributed by atoms with Crippen LogP contribution in [0.4, 0.5) is 0 Å². The second kappa shape index (κ2) is 5.17. The first-order valence-corrected chi connectivity index (χ1v) is 5.85. The minimum Gasteiger partial charge on any atom is -0.496 e. The summed E-state index contributed by atoms with van der Waals surface area (Å²) in [6, 6.07) is 9.13. The van der Waals surface area contributed by atoms with Crippen molar-refractivity contribution in [2.24, 2.45) is 0 Å². The molecule has 1 fully saturated rings. The lowest BCUT2D eigenvalue weighted by Gasteiger charge is -2.20. The fourth-order valence-electron chi connectivity index (χ4n) is 2.36. The maximum Gasteiger partial charge on any atom is 0.122 e. The molecule has 0 bridgehead atoms. The standard InChI is InChI=1S/C13H19NO/c1-15-13-8-3-2-6-11(13)10-12-7-4-5-9-14-12/h2-3,6,8,12,14H,4-5,7,9-10H2,1H3/p+1/t12-/m0/s1. The largest absolute Gasteiger partial charge is 0.496 e. The van der Waals surface area contributed by atoms with Gasteiger partial charge in [-0.2, -0.15) is 0 Å². The molecule has 1 aromatic carbocycles. The van der Waals surface area contributed by atoms with Gasteiger partial charge in [0.15, 0.2) is 0 Å². The number of quaternary nitrogens is 1. The van der Waals surface area contributed by atoms with Crippen molar-refractivity contribution >= 4 is 0 Å². The zero-order valence-electron chi connectivity index (χ0n) is 9.41. The van der Waals surface area contributed by atoms with E-state index >= 15 is 0 Å². The molecule has 2 rings (SSSR count). The van der Waals surface area contributed by atoms with E-state index in [0.717, 1.165) is 18.2 Å². The van der Waals surface area contributed by atoms with E-state index < -0.39 is 0 Å². The first kappa shape index (κ1) is 10.5. The molecule has 2 N–H and O–H groups in total. The summed E-state index contributed by atoms with van der Waals surface area (Å²) >= 11 is 0. The van der Waals surface area contributed by atoms with Crippen molar-refractivity contribution in [2.45, 2.75) is 31.7 Å². The molecule has 0 aromatic heterocycles. The number of benzene rings is 1. The van der Waals surface area contributed by atoms with Crippen LogP contribution in [-0.4, -0.2) is 19.7 Å². The third-order valence-corrected chi connectivity index (χ3v) is 3.20. The first-order chi connectivity index (χ1) is 7.40. The number of nitrogens with two attached hydrogens (primary N) is 1. The van der Waals surface area contributed by atoms with Crippen LogP contribution in [0.3, 0.4) is 0 Å². The number of hydrogen-bond acceptors (Lipinski definition) is 1. The van der Waals surface area contributed by atoms with Crippen LogP contribution in [0, 0.1) is 0 Å². The number of para-hydroxylation sites is 1. The number of methoxy groups -OCH3 is 1. The Hall–Kier alpha value is -1.02. The summed E-state index contributed by atoms with van der Waals surface area (Å²) in [5.41, 5.74) is 1.35. The van der Waals surface area contributed by atoms with Gasteiger partial charge >= 0.3 is 0 Å². The van der Waals surface area contributed by atoms with E-state index in [4.69, 9.17) is 4.74 Å². The highest BCUT2D eigenvalue weighted by Crippen LogP contribution is 2.19. The van der Waals surface area contributed by atoms with Crippen LogP contribution in [0.1, 0.15) is 24.8 Å². The second-order valence-electron chi connectivity index (χ2n) is 4.30. The van der Waals surface area contributed by atoms with Crippen LogP contribution < -0.4 is 10.1 Å². The smallest absolute Gasteiger partial charge is 0.122 e. The molecule has 0 spiro atoms. The first-order valence-electron chi connectivity index (χ1n) is 5.85. The maximum atomic E-state index is 5.37. The monoisotopic (exact) mass is 206 g/mol. The Morgan fingerprint density at radius 3 is 2.93 bits per heavy atom. The highest BCUT2D eigenvalue weighted by molar-refractivity contribution is 5.33. The molecule has 0 saturated carbocycles. The molecule has 1 atom stereocenters. The lowest BCUT2D eigenvalue weighted by Crippen LogP contribution is -2.91. The lowest BCUT2D eigenvalue weighted by molar-refractivity contribution is -0.697. The van der Waals surface area contributed by atoms with E-state index in [9.17, 15) is 0 Å². The van der Waals surface area contributed by atoms with Crippen LogP contribution in [0.25, 0.3) is 0 Å². The molecule has 1 heterocycles. The predicted molar refractivity (Wildman–Crippen MR) is 61.1 cm³/mol. The van der Waals surface area contributed by atoms with E-state index in [2.05, 4.69) is 23.5 Å². The van der Waals surface area contributed by atoms with Crippen molar-refractivity contribution in [3.63, 3.8) is 0 Å². The Kier molecular flexibility index (Phi) is 3.62. The van der Waals surface area contributed by atoms with Gasteiger partial charge in [0.1, 0.15) is 5.75 Å². The van der Waals surface area contributed by atoms with E-state index in [1.807, 2.05) is 6.07 Å². The molecule has 15 heavy (non-hydrogen) atoms. The van der Waals surface area contributed by atoms with E-state index in [0.29, 0.717) is 0 Å². The minimum atomic E-state index is 0.759.